The number of fused-ring (bicyclic) bond motifs is 3. The average molecular weight is 157 g/mol. The molecule has 2 aliphatic rings. The predicted molar refractivity (Wildman–Crippen MR) is 46.7 cm³/mol. The summed E-state index contributed by atoms with van der Waals surface area (Å²) in [5.74, 6) is 0.989. The van der Waals surface area contributed by atoms with Crippen LogP contribution in [0.3, 0.4) is 0 Å². The summed E-state index contributed by atoms with van der Waals surface area (Å²) in [6, 6.07) is 8.20. The number of hydrogen-bond acceptors (Lipinski definition) is 2. The third-order valence-electron chi connectivity index (χ3n) is 2.20. The van der Waals surface area contributed by atoms with Crippen molar-refractivity contribution in [3.8, 4) is 0 Å². The zero-order chi connectivity index (χ0) is 7.97. The third-order valence-corrected chi connectivity index (χ3v) is 2.20. The Bertz CT molecular complexity index is 485. The van der Waals surface area contributed by atoms with Crippen LogP contribution < -0.4 is 10.4 Å². The molecule has 1 heterocycles. The van der Waals surface area contributed by atoms with E-state index in [0.29, 0.717) is 0 Å². The Kier molecular flexibility index (Phi) is 0.987. The van der Waals surface area contributed by atoms with Crippen LogP contribution in [0.15, 0.2) is 29.4 Å². The minimum absolute atomic E-state index is 0.858. The minimum Gasteiger partial charge on any atom is -0.360 e. The Morgan fingerprint density at radius 1 is 1.25 bits per heavy atom. The van der Waals surface area contributed by atoms with E-state index in [9.17, 15) is 0 Å². The molecule has 0 saturated carbocycles. The molecule has 3 rings (SSSR count). The fourth-order valence-corrected chi connectivity index (χ4v) is 1.62. The van der Waals surface area contributed by atoms with Crippen molar-refractivity contribution in [1.82, 2.24) is 0 Å². The Balaban J connectivity index is 2.55. The van der Waals surface area contributed by atoms with Crippen molar-refractivity contribution in [3.63, 3.8) is 0 Å². The van der Waals surface area contributed by atoms with Gasteiger partial charge in [-0.25, -0.2) is 0 Å². The highest BCUT2D eigenvalue weighted by Crippen LogP contribution is 2.15. The topological polar surface area (TPSA) is 21.6 Å². The van der Waals surface area contributed by atoms with Gasteiger partial charge < -0.3 is 4.84 Å². The molecule has 2 nitrogen and oxygen atoms in total. The molecule has 1 aliphatic carbocycles. The van der Waals surface area contributed by atoms with Crippen molar-refractivity contribution in [1.29, 1.82) is 0 Å². The highest BCUT2D eigenvalue weighted by atomic mass is 16.6. The lowest BCUT2D eigenvalue weighted by atomic mass is 10.1. The van der Waals surface area contributed by atoms with Gasteiger partial charge in [-0.15, -0.1) is 0 Å². The van der Waals surface area contributed by atoms with Crippen molar-refractivity contribution < 1.29 is 4.84 Å². The van der Waals surface area contributed by atoms with Gasteiger partial charge in [-0.2, -0.15) is 0 Å². The van der Waals surface area contributed by atoms with Crippen LogP contribution in [0.2, 0.25) is 0 Å². The number of hydrogen-bond donors (Lipinski definition) is 0. The predicted octanol–water partition coefficient (Wildman–Crippen LogP) is 0.365. The number of benzene rings is 1. The SMILES string of the molecule is C1=c2ccccc2=C2CC1=NO2. The van der Waals surface area contributed by atoms with E-state index >= 15 is 0 Å². The van der Waals surface area contributed by atoms with Gasteiger partial charge in [0.2, 0.25) is 0 Å². The Morgan fingerprint density at radius 2 is 2.17 bits per heavy atom. The van der Waals surface area contributed by atoms with Gasteiger partial charge in [0.05, 0.1) is 12.1 Å². The van der Waals surface area contributed by atoms with Gasteiger partial charge in [0.25, 0.3) is 0 Å². The van der Waals surface area contributed by atoms with Crippen LogP contribution in [0.25, 0.3) is 11.8 Å². The Hall–Kier alpha value is -1.57. The van der Waals surface area contributed by atoms with Crippen LogP contribution >= 0.6 is 0 Å². The number of oxime groups is 1. The summed E-state index contributed by atoms with van der Waals surface area (Å²) in [7, 11) is 0. The lowest BCUT2D eigenvalue weighted by Gasteiger charge is -1.98. The third kappa shape index (κ3) is 0.666. The van der Waals surface area contributed by atoms with Crippen molar-refractivity contribution >= 4 is 17.5 Å². The van der Waals surface area contributed by atoms with Crippen LogP contribution in [0, 0.1) is 0 Å². The van der Waals surface area contributed by atoms with E-state index < -0.39 is 0 Å². The van der Waals surface area contributed by atoms with E-state index in [1.54, 1.807) is 0 Å². The van der Waals surface area contributed by atoms with Crippen LogP contribution in [0.5, 0.6) is 0 Å². The maximum Gasteiger partial charge on any atom is 0.148 e. The summed E-state index contributed by atoms with van der Waals surface area (Å²) >= 11 is 0. The molecule has 58 valence electrons. The van der Waals surface area contributed by atoms with Crippen molar-refractivity contribution in [2.24, 2.45) is 5.16 Å². The van der Waals surface area contributed by atoms with E-state index in [0.717, 1.165) is 17.9 Å². The molecule has 2 heteroatoms. The molecule has 0 saturated heterocycles. The molecular formula is C10H7NO. The monoisotopic (exact) mass is 157 g/mol. The molecule has 0 aromatic heterocycles. The zero-order valence-corrected chi connectivity index (χ0v) is 6.45. The Labute approximate surface area is 69.5 Å². The number of rotatable bonds is 0. The first-order valence-corrected chi connectivity index (χ1v) is 3.97. The van der Waals surface area contributed by atoms with Crippen LogP contribution in [0.4, 0.5) is 0 Å². The fraction of sp³-hybridized carbons (Fsp3) is 0.100. The first kappa shape index (κ1) is 6.00. The van der Waals surface area contributed by atoms with E-state index in [4.69, 9.17) is 4.84 Å². The van der Waals surface area contributed by atoms with Crippen molar-refractivity contribution in [3.05, 3.63) is 34.7 Å². The number of nitrogens with zero attached hydrogens (tertiary/aromatic N) is 1. The quantitative estimate of drug-likeness (QED) is 0.533. The molecular weight excluding hydrogens is 150 g/mol. The molecule has 2 bridgehead atoms. The first-order valence-electron chi connectivity index (χ1n) is 3.97. The van der Waals surface area contributed by atoms with E-state index in [-0.39, 0.29) is 0 Å². The molecule has 1 aliphatic heterocycles. The van der Waals surface area contributed by atoms with Gasteiger partial charge in [-0.3, -0.25) is 0 Å². The molecule has 0 amide bonds. The lowest BCUT2D eigenvalue weighted by molar-refractivity contribution is 0.304. The maximum atomic E-state index is 5.18. The summed E-state index contributed by atoms with van der Waals surface area (Å²) in [5.41, 5.74) is 1.03. The summed E-state index contributed by atoms with van der Waals surface area (Å²) in [5, 5.41) is 6.34. The highest BCUT2D eigenvalue weighted by molar-refractivity contribution is 6.14. The van der Waals surface area contributed by atoms with E-state index in [1.807, 2.05) is 12.1 Å². The van der Waals surface area contributed by atoms with Gasteiger partial charge in [0, 0.05) is 5.22 Å². The summed E-state index contributed by atoms with van der Waals surface area (Å²) in [4.78, 5) is 5.18. The fourth-order valence-electron chi connectivity index (χ4n) is 1.62. The molecule has 0 unspecified atom stereocenters. The van der Waals surface area contributed by atoms with Crippen molar-refractivity contribution in [2.75, 3.05) is 0 Å². The Morgan fingerprint density at radius 3 is 3.17 bits per heavy atom. The first-order chi connectivity index (χ1) is 5.93. The molecule has 0 atom stereocenters. The molecule has 0 spiro atoms. The van der Waals surface area contributed by atoms with Gasteiger partial charge in [0.1, 0.15) is 5.76 Å². The zero-order valence-electron chi connectivity index (χ0n) is 6.45. The minimum atomic E-state index is 0.858. The molecule has 0 N–H and O–H groups in total. The van der Waals surface area contributed by atoms with E-state index in [2.05, 4.69) is 23.4 Å². The largest absolute Gasteiger partial charge is 0.360 e. The smallest absolute Gasteiger partial charge is 0.148 e. The second-order valence-corrected chi connectivity index (χ2v) is 3.01. The van der Waals surface area contributed by atoms with Gasteiger partial charge in [0.15, 0.2) is 0 Å². The highest BCUT2D eigenvalue weighted by Gasteiger charge is 2.16. The van der Waals surface area contributed by atoms with Gasteiger partial charge in [-0.1, -0.05) is 29.4 Å². The average Bonchev–Trinajstić information content (AvgIpc) is 2.49. The van der Waals surface area contributed by atoms with Crippen LogP contribution in [-0.4, -0.2) is 5.71 Å². The molecule has 0 radical (unpaired) electrons. The van der Waals surface area contributed by atoms with Gasteiger partial charge in [-0.05, 0) is 11.3 Å². The van der Waals surface area contributed by atoms with Crippen LogP contribution in [0.1, 0.15) is 6.42 Å². The second kappa shape index (κ2) is 1.97. The molecule has 12 heavy (non-hydrogen) atoms. The van der Waals surface area contributed by atoms with Crippen molar-refractivity contribution in [2.45, 2.75) is 6.42 Å². The van der Waals surface area contributed by atoms with Gasteiger partial charge >= 0.3 is 0 Å². The maximum absolute atomic E-state index is 5.18. The lowest BCUT2D eigenvalue weighted by Crippen LogP contribution is -2.29. The second-order valence-electron chi connectivity index (χ2n) is 3.01. The standard InChI is InChI=1S/C10H7NO/c1-2-4-9-7(3-1)5-8-6-10(9)12-11-8/h1-5H,6H2. The van der Waals surface area contributed by atoms with Crippen LogP contribution in [-0.2, 0) is 4.84 Å². The molecule has 1 aromatic carbocycles. The molecule has 1 aromatic rings. The summed E-state index contributed by atoms with van der Waals surface area (Å²) in [6.45, 7) is 0. The summed E-state index contributed by atoms with van der Waals surface area (Å²) < 4.78 is 0. The molecule has 0 fully saturated rings. The normalized spacial score (nSPS) is 17.7. The van der Waals surface area contributed by atoms with E-state index in [1.165, 1.54) is 10.4 Å². The summed E-state index contributed by atoms with van der Waals surface area (Å²) in [6.07, 6.45) is 2.93.